The standard InChI is InChI=1S/C14H17NO2/c1-3-14(9-8-12(16)15-13(14)17)11-6-4-10(2)5-7-11/h4-7H,3,8-9H2,1-2H3,(H,15,16,17)/t14-/m0/s1. The molecule has 3 nitrogen and oxygen atoms in total. The summed E-state index contributed by atoms with van der Waals surface area (Å²) in [7, 11) is 0. The highest BCUT2D eigenvalue weighted by Gasteiger charge is 2.42. The summed E-state index contributed by atoms with van der Waals surface area (Å²) < 4.78 is 0. The monoisotopic (exact) mass is 231 g/mol. The summed E-state index contributed by atoms with van der Waals surface area (Å²) >= 11 is 0. The quantitative estimate of drug-likeness (QED) is 0.792. The SMILES string of the molecule is CC[C@@]1(c2ccc(C)cc2)CCC(=O)NC1=O. The molecule has 0 bridgehead atoms. The third-order valence-electron chi connectivity index (χ3n) is 3.67. The molecule has 0 spiro atoms. The number of carbonyl (C=O) groups excluding carboxylic acids is 2. The van der Waals surface area contributed by atoms with Gasteiger partial charge in [0.25, 0.3) is 0 Å². The van der Waals surface area contributed by atoms with Gasteiger partial charge in [0.15, 0.2) is 0 Å². The van der Waals surface area contributed by atoms with Gasteiger partial charge in [-0.15, -0.1) is 0 Å². The predicted octanol–water partition coefficient (Wildman–Crippen LogP) is 2.08. The lowest BCUT2D eigenvalue weighted by Gasteiger charge is -2.35. The first-order chi connectivity index (χ1) is 8.08. The Bertz CT molecular complexity index is 450. The van der Waals surface area contributed by atoms with E-state index in [4.69, 9.17) is 0 Å². The Morgan fingerprint density at radius 2 is 1.88 bits per heavy atom. The third kappa shape index (κ3) is 1.97. The van der Waals surface area contributed by atoms with E-state index >= 15 is 0 Å². The Balaban J connectivity index is 2.40. The van der Waals surface area contributed by atoms with Crippen LogP contribution in [0.2, 0.25) is 0 Å². The molecule has 0 aromatic heterocycles. The van der Waals surface area contributed by atoms with Gasteiger partial charge in [-0.3, -0.25) is 14.9 Å². The number of nitrogens with one attached hydrogen (secondary N) is 1. The van der Waals surface area contributed by atoms with Crippen molar-refractivity contribution in [3.8, 4) is 0 Å². The lowest BCUT2D eigenvalue weighted by atomic mass is 9.72. The number of benzene rings is 1. The zero-order valence-corrected chi connectivity index (χ0v) is 10.2. The number of piperidine rings is 1. The van der Waals surface area contributed by atoms with Crippen LogP contribution in [0, 0.1) is 6.92 Å². The molecule has 1 saturated heterocycles. The molecule has 1 aliphatic heterocycles. The minimum atomic E-state index is -0.526. The summed E-state index contributed by atoms with van der Waals surface area (Å²) in [6.07, 6.45) is 1.75. The fraction of sp³-hybridized carbons (Fsp3) is 0.429. The smallest absolute Gasteiger partial charge is 0.237 e. The molecule has 0 unspecified atom stereocenters. The average molecular weight is 231 g/mol. The molecule has 1 heterocycles. The van der Waals surface area contributed by atoms with E-state index in [1.54, 1.807) is 0 Å². The van der Waals surface area contributed by atoms with Crippen LogP contribution >= 0.6 is 0 Å². The second kappa shape index (κ2) is 4.32. The number of rotatable bonds is 2. The van der Waals surface area contributed by atoms with Crippen LogP contribution < -0.4 is 5.32 Å². The Hall–Kier alpha value is -1.64. The van der Waals surface area contributed by atoms with Crippen LogP contribution in [-0.4, -0.2) is 11.8 Å². The molecule has 0 radical (unpaired) electrons. The van der Waals surface area contributed by atoms with Gasteiger partial charge < -0.3 is 0 Å². The van der Waals surface area contributed by atoms with Gasteiger partial charge in [0.2, 0.25) is 11.8 Å². The number of hydrogen-bond acceptors (Lipinski definition) is 2. The summed E-state index contributed by atoms with van der Waals surface area (Å²) in [5.74, 6) is -0.314. The van der Waals surface area contributed by atoms with Gasteiger partial charge in [0.05, 0.1) is 5.41 Å². The first kappa shape index (κ1) is 11.8. The number of amides is 2. The van der Waals surface area contributed by atoms with E-state index in [2.05, 4.69) is 5.32 Å². The normalized spacial score (nSPS) is 24.6. The molecule has 0 aliphatic carbocycles. The van der Waals surface area contributed by atoms with Gasteiger partial charge in [-0.05, 0) is 25.3 Å². The molecule has 1 N–H and O–H groups in total. The summed E-state index contributed by atoms with van der Waals surface area (Å²) in [6, 6.07) is 8.01. The Kier molecular flexibility index (Phi) is 3.01. The molecule has 1 aromatic rings. The van der Waals surface area contributed by atoms with Gasteiger partial charge in [0.1, 0.15) is 0 Å². The largest absolute Gasteiger partial charge is 0.296 e. The van der Waals surface area contributed by atoms with E-state index in [9.17, 15) is 9.59 Å². The minimum Gasteiger partial charge on any atom is -0.296 e. The summed E-state index contributed by atoms with van der Waals surface area (Å²) in [5, 5.41) is 2.46. The van der Waals surface area contributed by atoms with Crippen LogP contribution in [0.25, 0.3) is 0 Å². The van der Waals surface area contributed by atoms with Gasteiger partial charge in [-0.2, -0.15) is 0 Å². The molecule has 3 heteroatoms. The highest BCUT2D eigenvalue weighted by molar-refractivity contribution is 6.03. The van der Waals surface area contributed by atoms with Crippen molar-refractivity contribution in [2.75, 3.05) is 0 Å². The fourth-order valence-electron chi connectivity index (χ4n) is 2.44. The maximum atomic E-state index is 12.1. The van der Waals surface area contributed by atoms with Crippen molar-refractivity contribution < 1.29 is 9.59 Å². The van der Waals surface area contributed by atoms with E-state index in [0.29, 0.717) is 12.8 Å². The van der Waals surface area contributed by atoms with Crippen molar-refractivity contribution in [3.05, 3.63) is 35.4 Å². The van der Waals surface area contributed by atoms with Gasteiger partial charge >= 0.3 is 0 Å². The summed E-state index contributed by atoms with van der Waals surface area (Å²) in [6.45, 7) is 4.02. The minimum absolute atomic E-state index is 0.153. The maximum Gasteiger partial charge on any atom is 0.237 e. The second-order valence-corrected chi connectivity index (χ2v) is 4.68. The second-order valence-electron chi connectivity index (χ2n) is 4.68. The van der Waals surface area contributed by atoms with Crippen molar-refractivity contribution in [1.29, 1.82) is 0 Å². The number of aryl methyl sites for hydroxylation is 1. The molecule has 1 aromatic carbocycles. The lowest BCUT2D eigenvalue weighted by Crippen LogP contribution is -2.51. The molecule has 17 heavy (non-hydrogen) atoms. The first-order valence-corrected chi connectivity index (χ1v) is 6.00. The summed E-state index contributed by atoms with van der Waals surface area (Å²) in [5.41, 5.74) is 1.66. The number of carbonyl (C=O) groups is 2. The summed E-state index contributed by atoms with van der Waals surface area (Å²) in [4.78, 5) is 23.3. The van der Waals surface area contributed by atoms with Crippen LogP contribution in [0.15, 0.2) is 24.3 Å². The highest BCUT2D eigenvalue weighted by atomic mass is 16.2. The molecule has 1 atom stereocenters. The van der Waals surface area contributed by atoms with Gasteiger partial charge in [0, 0.05) is 6.42 Å². The molecule has 90 valence electrons. The maximum absolute atomic E-state index is 12.1. The first-order valence-electron chi connectivity index (χ1n) is 6.00. The highest BCUT2D eigenvalue weighted by Crippen LogP contribution is 2.35. The van der Waals surface area contributed by atoms with Crippen LogP contribution in [0.1, 0.15) is 37.3 Å². The molecule has 1 fully saturated rings. The van der Waals surface area contributed by atoms with Crippen LogP contribution in [0.3, 0.4) is 0 Å². The van der Waals surface area contributed by atoms with Crippen molar-refractivity contribution in [3.63, 3.8) is 0 Å². The number of imide groups is 1. The molecule has 0 saturated carbocycles. The topological polar surface area (TPSA) is 46.2 Å². The van der Waals surface area contributed by atoms with E-state index in [0.717, 1.165) is 12.0 Å². The van der Waals surface area contributed by atoms with Crippen molar-refractivity contribution in [2.24, 2.45) is 0 Å². The fourth-order valence-corrected chi connectivity index (χ4v) is 2.44. The zero-order chi connectivity index (χ0) is 12.5. The molecule has 2 amide bonds. The average Bonchev–Trinajstić information content (AvgIpc) is 2.31. The van der Waals surface area contributed by atoms with E-state index in [1.165, 1.54) is 5.56 Å². The molecule has 1 aliphatic rings. The van der Waals surface area contributed by atoms with Crippen molar-refractivity contribution in [2.45, 2.75) is 38.5 Å². The van der Waals surface area contributed by atoms with Crippen molar-refractivity contribution in [1.82, 2.24) is 5.32 Å². The van der Waals surface area contributed by atoms with Gasteiger partial charge in [-0.1, -0.05) is 36.8 Å². The number of hydrogen-bond donors (Lipinski definition) is 1. The third-order valence-corrected chi connectivity index (χ3v) is 3.67. The molecular weight excluding hydrogens is 214 g/mol. The lowest BCUT2D eigenvalue weighted by molar-refractivity contribution is -0.138. The van der Waals surface area contributed by atoms with E-state index in [1.807, 2.05) is 38.1 Å². The van der Waals surface area contributed by atoms with Gasteiger partial charge in [-0.25, -0.2) is 0 Å². The van der Waals surface area contributed by atoms with E-state index in [-0.39, 0.29) is 11.8 Å². The zero-order valence-electron chi connectivity index (χ0n) is 10.2. The molecule has 2 rings (SSSR count). The Morgan fingerprint density at radius 3 is 2.41 bits per heavy atom. The van der Waals surface area contributed by atoms with Crippen molar-refractivity contribution >= 4 is 11.8 Å². The van der Waals surface area contributed by atoms with Crippen LogP contribution in [-0.2, 0) is 15.0 Å². The van der Waals surface area contributed by atoms with Crippen LogP contribution in [0.4, 0.5) is 0 Å². The molecular formula is C14H17NO2. The van der Waals surface area contributed by atoms with E-state index < -0.39 is 5.41 Å². The Labute approximate surface area is 101 Å². The van der Waals surface area contributed by atoms with Crippen LogP contribution in [0.5, 0.6) is 0 Å². The predicted molar refractivity (Wildman–Crippen MR) is 65.5 cm³/mol. The Morgan fingerprint density at radius 1 is 1.24 bits per heavy atom.